The highest BCUT2D eigenvalue weighted by molar-refractivity contribution is 14.1. The number of nitrogens with zero attached hydrogens (tertiary/aromatic N) is 1. The molecule has 1 rings (SSSR count). The zero-order chi connectivity index (χ0) is 9.14. The predicted octanol–water partition coefficient (Wildman–Crippen LogP) is 1.85. The zero-order valence-electron chi connectivity index (χ0n) is 6.89. The Kier molecular flexibility index (Phi) is 3.02. The maximum atomic E-state index is 10.7. The van der Waals surface area contributed by atoms with Crippen LogP contribution < -0.4 is 5.32 Å². The van der Waals surface area contributed by atoms with Crippen LogP contribution in [0.2, 0.25) is 0 Å². The van der Waals surface area contributed by atoms with Gasteiger partial charge in [0.2, 0.25) is 0 Å². The van der Waals surface area contributed by atoms with E-state index in [2.05, 4.69) is 32.9 Å². The normalized spacial score (nSPS) is 9.58. The van der Waals surface area contributed by atoms with Crippen molar-refractivity contribution in [3.05, 3.63) is 20.9 Å². The molecular formula is C8H9IN2O. The summed E-state index contributed by atoms with van der Waals surface area (Å²) in [5.41, 5.74) is 1.62. The average molecular weight is 276 g/mol. The van der Waals surface area contributed by atoms with Crippen LogP contribution in [0.25, 0.3) is 0 Å². The zero-order valence-corrected chi connectivity index (χ0v) is 9.05. The van der Waals surface area contributed by atoms with E-state index in [1.807, 2.05) is 6.92 Å². The third-order valence-electron chi connectivity index (χ3n) is 1.68. The van der Waals surface area contributed by atoms with Gasteiger partial charge in [-0.15, -0.1) is 0 Å². The average Bonchev–Trinajstić information content (AvgIpc) is 2.09. The second kappa shape index (κ2) is 3.84. The van der Waals surface area contributed by atoms with Gasteiger partial charge in [0, 0.05) is 16.8 Å². The molecule has 4 heteroatoms. The van der Waals surface area contributed by atoms with E-state index in [4.69, 9.17) is 0 Å². The van der Waals surface area contributed by atoms with E-state index in [1.165, 1.54) is 0 Å². The Morgan fingerprint density at radius 3 is 2.83 bits per heavy atom. The highest BCUT2D eigenvalue weighted by Crippen LogP contribution is 2.19. The van der Waals surface area contributed by atoms with Crippen molar-refractivity contribution in [1.82, 2.24) is 4.98 Å². The quantitative estimate of drug-likeness (QED) is 0.662. The smallest absolute Gasteiger partial charge is 0.154 e. The Morgan fingerprint density at radius 1 is 1.67 bits per heavy atom. The lowest BCUT2D eigenvalue weighted by atomic mass is 10.1. The van der Waals surface area contributed by atoms with E-state index in [-0.39, 0.29) is 0 Å². The van der Waals surface area contributed by atoms with E-state index in [0.717, 1.165) is 15.4 Å². The number of aldehydes is 1. The first kappa shape index (κ1) is 9.44. The lowest BCUT2D eigenvalue weighted by molar-refractivity contribution is 0.112. The second-order valence-corrected chi connectivity index (χ2v) is 3.52. The third kappa shape index (κ3) is 1.57. The van der Waals surface area contributed by atoms with Gasteiger partial charge in [-0.25, -0.2) is 4.98 Å². The first-order valence-electron chi connectivity index (χ1n) is 3.48. The number of hydrogen-bond acceptors (Lipinski definition) is 3. The number of nitrogens with one attached hydrogen (secondary N) is 1. The van der Waals surface area contributed by atoms with Gasteiger partial charge in [0.1, 0.15) is 5.82 Å². The van der Waals surface area contributed by atoms with Gasteiger partial charge in [-0.1, -0.05) is 0 Å². The second-order valence-electron chi connectivity index (χ2n) is 2.36. The minimum absolute atomic E-state index is 0.642. The van der Waals surface area contributed by atoms with Crippen LogP contribution in [0, 0.1) is 10.5 Å². The standard InChI is InChI=1S/C8H9IN2O/c1-5-6(4-12)8(10-2)11-3-7(5)9/h3-4H,1-2H3,(H,10,11). The summed E-state index contributed by atoms with van der Waals surface area (Å²) in [6.45, 7) is 1.91. The molecule has 1 aromatic heterocycles. The molecule has 0 aliphatic heterocycles. The Hall–Kier alpha value is -0.650. The number of halogens is 1. The summed E-state index contributed by atoms with van der Waals surface area (Å²) in [5, 5.41) is 2.87. The largest absolute Gasteiger partial charge is 0.373 e. The van der Waals surface area contributed by atoms with Gasteiger partial charge in [-0.3, -0.25) is 4.79 Å². The Balaban J connectivity index is 3.35. The molecule has 0 aromatic carbocycles. The van der Waals surface area contributed by atoms with E-state index in [0.29, 0.717) is 11.4 Å². The molecule has 1 heterocycles. The predicted molar refractivity (Wildman–Crippen MR) is 56.6 cm³/mol. The van der Waals surface area contributed by atoms with Crippen molar-refractivity contribution in [2.75, 3.05) is 12.4 Å². The summed E-state index contributed by atoms with van der Waals surface area (Å²) < 4.78 is 1.01. The molecule has 1 aromatic rings. The van der Waals surface area contributed by atoms with Gasteiger partial charge < -0.3 is 5.32 Å². The maximum absolute atomic E-state index is 10.7. The molecule has 0 spiro atoms. The van der Waals surface area contributed by atoms with Crippen LogP contribution in [0.4, 0.5) is 5.82 Å². The Bertz CT molecular complexity index is 312. The topological polar surface area (TPSA) is 42.0 Å². The summed E-state index contributed by atoms with van der Waals surface area (Å²) in [4.78, 5) is 14.8. The molecule has 0 radical (unpaired) electrons. The molecule has 3 nitrogen and oxygen atoms in total. The molecule has 0 amide bonds. The molecule has 0 atom stereocenters. The lowest BCUT2D eigenvalue weighted by Gasteiger charge is -2.06. The van der Waals surface area contributed by atoms with Crippen LogP contribution in [0.15, 0.2) is 6.20 Å². The number of hydrogen-bond donors (Lipinski definition) is 1. The van der Waals surface area contributed by atoms with Crippen molar-refractivity contribution >= 4 is 34.7 Å². The highest BCUT2D eigenvalue weighted by Gasteiger charge is 2.07. The summed E-state index contributed by atoms with van der Waals surface area (Å²) in [7, 11) is 1.75. The van der Waals surface area contributed by atoms with Crippen LogP contribution >= 0.6 is 22.6 Å². The van der Waals surface area contributed by atoms with Gasteiger partial charge in [-0.05, 0) is 35.1 Å². The van der Waals surface area contributed by atoms with Crippen molar-refractivity contribution in [3.8, 4) is 0 Å². The Labute approximate surface area is 84.7 Å². The van der Waals surface area contributed by atoms with Gasteiger partial charge in [0.15, 0.2) is 6.29 Å². The molecule has 64 valence electrons. The van der Waals surface area contributed by atoms with E-state index in [1.54, 1.807) is 13.2 Å². The summed E-state index contributed by atoms with van der Waals surface area (Å²) >= 11 is 2.16. The fraction of sp³-hybridized carbons (Fsp3) is 0.250. The SMILES string of the molecule is CNc1ncc(I)c(C)c1C=O. The molecule has 0 saturated heterocycles. The summed E-state index contributed by atoms with van der Waals surface area (Å²) in [6.07, 6.45) is 2.57. The number of anilines is 1. The summed E-state index contributed by atoms with van der Waals surface area (Å²) in [5.74, 6) is 0.642. The minimum Gasteiger partial charge on any atom is -0.373 e. The van der Waals surface area contributed by atoms with Crippen LogP contribution in [0.5, 0.6) is 0 Å². The Morgan fingerprint density at radius 2 is 2.33 bits per heavy atom. The molecule has 0 aliphatic rings. The fourth-order valence-corrected chi connectivity index (χ4v) is 1.37. The molecular weight excluding hydrogens is 267 g/mol. The number of carbonyl (C=O) groups is 1. The number of pyridine rings is 1. The third-order valence-corrected chi connectivity index (χ3v) is 2.77. The maximum Gasteiger partial charge on any atom is 0.154 e. The highest BCUT2D eigenvalue weighted by atomic mass is 127. The van der Waals surface area contributed by atoms with Crippen molar-refractivity contribution < 1.29 is 4.79 Å². The first-order valence-corrected chi connectivity index (χ1v) is 4.56. The molecule has 0 bridgehead atoms. The van der Waals surface area contributed by atoms with Crippen LogP contribution in [0.3, 0.4) is 0 Å². The van der Waals surface area contributed by atoms with Gasteiger partial charge in [0.05, 0.1) is 5.56 Å². The molecule has 0 saturated carbocycles. The molecule has 0 unspecified atom stereocenters. The van der Waals surface area contributed by atoms with Gasteiger partial charge in [-0.2, -0.15) is 0 Å². The molecule has 12 heavy (non-hydrogen) atoms. The van der Waals surface area contributed by atoms with Crippen molar-refractivity contribution in [2.45, 2.75) is 6.92 Å². The van der Waals surface area contributed by atoms with Gasteiger partial charge in [0.25, 0.3) is 0 Å². The van der Waals surface area contributed by atoms with Crippen molar-refractivity contribution in [1.29, 1.82) is 0 Å². The fourth-order valence-electron chi connectivity index (χ4n) is 0.937. The van der Waals surface area contributed by atoms with Crippen LogP contribution in [-0.2, 0) is 0 Å². The lowest BCUT2D eigenvalue weighted by Crippen LogP contribution is -2.01. The van der Waals surface area contributed by atoms with Crippen molar-refractivity contribution in [2.24, 2.45) is 0 Å². The molecule has 1 N–H and O–H groups in total. The van der Waals surface area contributed by atoms with Crippen LogP contribution in [-0.4, -0.2) is 18.3 Å². The first-order chi connectivity index (χ1) is 5.70. The summed E-state index contributed by atoms with van der Waals surface area (Å²) in [6, 6.07) is 0. The number of carbonyl (C=O) groups excluding carboxylic acids is 1. The van der Waals surface area contributed by atoms with Gasteiger partial charge >= 0.3 is 0 Å². The molecule has 0 aliphatic carbocycles. The number of rotatable bonds is 2. The number of aromatic nitrogens is 1. The minimum atomic E-state index is 0.642. The monoisotopic (exact) mass is 276 g/mol. The van der Waals surface area contributed by atoms with Crippen molar-refractivity contribution in [3.63, 3.8) is 0 Å². The van der Waals surface area contributed by atoms with E-state index >= 15 is 0 Å². The van der Waals surface area contributed by atoms with Crippen LogP contribution in [0.1, 0.15) is 15.9 Å². The molecule has 0 fully saturated rings. The van der Waals surface area contributed by atoms with E-state index < -0.39 is 0 Å². The van der Waals surface area contributed by atoms with E-state index in [9.17, 15) is 4.79 Å².